The number of benzene rings is 2. The Balaban J connectivity index is 1.17. The Morgan fingerprint density at radius 1 is 1.10 bits per heavy atom. The van der Waals surface area contributed by atoms with Gasteiger partial charge in [-0.25, -0.2) is 9.18 Å². The van der Waals surface area contributed by atoms with Gasteiger partial charge in [-0.2, -0.15) is 13.9 Å². The average Bonchev–Trinajstić information content (AvgIpc) is 3.84. The first-order chi connectivity index (χ1) is 23.6. The minimum absolute atomic E-state index is 0.0356. The van der Waals surface area contributed by atoms with E-state index in [1.807, 2.05) is 6.92 Å². The van der Waals surface area contributed by atoms with E-state index in [-0.39, 0.29) is 40.8 Å². The van der Waals surface area contributed by atoms with Crippen molar-refractivity contribution in [2.45, 2.75) is 75.5 Å². The van der Waals surface area contributed by atoms with Crippen molar-refractivity contribution < 1.29 is 28.2 Å². The maximum absolute atomic E-state index is 16.8. The number of fused-ring (bicyclic) bond motifs is 5. The molecule has 4 atom stereocenters. The molecule has 6 heterocycles. The average molecular weight is 676 g/mol. The van der Waals surface area contributed by atoms with Gasteiger partial charge in [0.2, 0.25) is 5.95 Å². The SMILES string of the molecule is CCc1c(F)ccc2cc(O)cc(-c3cc4c(N5CC6CCC(C5)N6)nc(OC[C@]56CCCN5[C@@H](COC(=O)N(C)C)CC6)nn4c3F)c12. The van der Waals surface area contributed by atoms with Gasteiger partial charge in [0.05, 0.1) is 5.54 Å². The van der Waals surface area contributed by atoms with E-state index in [0.717, 1.165) is 58.2 Å². The number of anilines is 1. The van der Waals surface area contributed by atoms with Crippen LogP contribution in [0, 0.1) is 11.8 Å². The van der Waals surface area contributed by atoms with Crippen molar-refractivity contribution in [3.63, 3.8) is 0 Å². The van der Waals surface area contributed by atoms with Crippen LogP contribution in [0.4, 0.5) is 19.4 Å². The number of hydrogen-bond acceptors (Lipinski definition) is 9. The number of phenols is 1. The lowest BCUT2D eigenvalue weighted by atomic mass is 9.94. The number of carbonyl (C=O) groups is 1. The zero-order valence-electron chi connectivity index (χ0n) is 28.2. The van der Waals surface area contributed by atoms with Crippen molar-refractivity contribution >= 4 is 28.2 Å². The summed E-state index contributed by atoms with van der Waals surface area (Å²) in [6, 6.07) is 8.58. The third-order valence-electron chi connectivity index (χ3n) is 11.1. The van der Waals surface area contributed by atoms with Gasteiger partial charge in [0.1, 0.15) is 30.3 Å². The highest BCUT2D eigenvalue weighted by atomic mass is 19.1. The zero-order chi connectivity index (χ0) is 34.0. The van der Waals surface area contributed by atoms with Gasteiger partial charge >= 0.3 is 12.1 Å². The molecule has 0 spiro atoms. The number of phenolic OH excluding ortho intramolecular Hbond substituents is 1. The second kappa shape index (κ2) is 12.3. The summed E-state index contributed by atoms with van der Waals surface area (Å²) in [6.07, 6.45) is 5.89. The van der Waals surface area contributed by atoms with Crippen molar-refractivity contribution in [3.8, 4) is 22.9 Å². The van der Waals surface area contributed by atoms with Crippen LogP contribution < -0.4 is 15.0 Å². The third kappa shape index (κ3) is 5.51. The van der Waals surface area contributed by atoms with Crippen molar-refractivity contribution in [3.05, 3.63) is 47.7 Å². The quantitative estimate of drug-likeness (QED) is 0.264. The van der Waals surface area contributed by atoms with Crippen LogP contribution in [-0.4, -0.2) is 106 Å². The first-order valence-corrected chi connectivity index (χ1v) is 17.4. The molecule has 13 heteroatoms. The standard InChI is InChI=1S/C36H43F2N7O4/c1-4-26-29(37)9-6-21-14-25(46)15-27(31(21)26)28-16-30-33(43-17-22-7-8-23(18-43)39-22)40-34(41-45(30)32(28)38)49-20-36-11-5-13-44(36)24(10-12-36)19-48-35(47)42(2)3/h6,9,14-16,22-24,39,46H,4-5,7-8,10-13,17-20H2,1-3H3/t22?,23?,24-,36-/m1/s1. The molecule has 2 aromatic heterocycles. The van der Waals surface area contributed by atoms with E-state index in [1.165, 1.54) is 21.5 Å². The van der Waals surface area contributed by atoms with E-state index in [2.05, 4.69) is 20.2 Å². The van der Waals surface area contributed by atoms with Gasteiger partial charge < -0.3 is 29.7 Å². The van der Waals surface area contributed by atoms with Crippen LogP contribution >= 0.6 is 0 Å². The van der Waals surface area contributed by atoms with E-state index in [9.17, 15) is 9.90 Å². The van der Waals surface area contributed by atoms with Crippen LogP contribution in [0.3, 0.4) is 0 Å². The number of amides is 1. The zero-order valence-corrected chi connectivity index (χ0v) is 28.2. The predicted molar refractivity (Wildman–Crippen MR) is 181 cm³/mol. The largest absolute Gasteiger partial charge is 0.508 e. The minimum atomic E-state index is -0.635. The van der Waals surface area contributed by atoms with E-state index >= 15 is 8.78 Å². The summed E-state index contributed by atoms with van der Waals surface area (Å²) in [5.74, 6) is -0.458. The Morgan fingerprint density at radius 3 is 2.65 bits per heavy atom. The fourth-order valence-electron chi connectivity index (χ4n) is 8.79. The number of hydrogen-bond donors (Lipinski definition) is 2. The fourth-order valence-corrected chi connectivity index (χ4v) is 8.79. The van der Waals surface area contributed by atoms with E-state index < -0.39 is 5.95 Å². The van der Waals surface area contributed by atoms with Crippen LogP contribution in [-0.2, 0) is 11.2 Å². The number of nitrogens with one attached hydrogen (secondary N) is 1. The molecular formula is C36H43F2N7O4. The molecule has 2 bridgehead atoms. The normalized spacial score (nSPS) is 25.0. The van der Waals surface area contributed by atoms with Gasteiger partial charge in [0.15, 0.2) is 5.82 Å². The third-order valence-corrected chi connectivity index (χ3v) is 11.1. The second-order valence-electron chi connectivity index (χ2n) is 14.4. The Hall–Kier alpha value is -4.23. The molecule has 11 nitrogen and oxygen atoms in total. The van der Waals surface area contributed by atoms with Crippen molar-refractivity contribution in [1.82, 2.24) is 29.7 Å². The lowest BCUT2D eigenvalue weighted by molar-refractivity contribution is 0.0480. The van der Waals surface area contributed by atoms with Crippen LogP contribution in [0.5, 0.6) is 11.8 Å². The molecule has 4 aromatic rings. The molecule has 1 amide bonds. The summed E-state index contributed by atoms with van der Waals surface area (Å²) in [5, 5.41) is 20.1. The topological polar surface area (TPSA) is 108 Å². The number of aryl methyl sites for hydroxylation is 1. The fraction of sp³-hybridized carbons (Fsp3) is 0.528. The summed E-state index contributed by atoms with van der Waals surface area (Å²) in [7, 11) is 3.35. The molecule has 2 N–H and O–H groups in total. The highest BCUT2D eigenvalue weighted by molar-refractivity contribution is 6.01. The van der Waals surface area contributed by atoms with Gasteiger partial charge in [0, 0.05) is 50.9 Å². The predicted octanol–water partition coefficient (Wildman–Crippen LogP) is 5.11. The monoisotopic (exact) mass is 675 g/mol. The highest BCUT2D eigenvalue weighted by Crippen LogP contribution is 2.44. The molecule has 2 unspecified atom stereocenters. The first-order valence-electron chi connectivity index (χ1n) is 17.4. The Morgan fingerprint density at radius 2 is 1.90 bits per heavy atom. The molecule has 0 saturated carbocycles. The molecule has 0 aliphatic carbocycles. The number of aromatic hydroxyl groups is 1. The molecule has 4 fully saturated rings. The van der Waals surface area contributed by atoms with Crippen molar-refractivity contribution in [1.29, 1.82) is 0 Å². The molecule has 0 radical (unpaired) electrons. The molecule has 4 aliphatic rings. The summed E-state index contributed by atoms with van der Waals surface area (Å²) in [5.41, 5.74) is 1.30. The molecule has 4 aliphatic heterocycles. The number of aromatic nitrogens is 3. The van der Waals surface area contributed by atoms with Gasteiger partial charge in [-0.3, -0.25) is 4.90 Å². The maximum atomic E-state index is 16.8. The smallest absolute Gasteiger partial charge is 0.409 e. The number of carbonyl (C=O) groups excluding carboxylic acids is 1. The van der Waals surface area contributed by atoms with E-state index in [1.54, 1.807) is 32.3 Å². The van der Waals surface area contributed by atoms with Gasteiger partial charge in [-0.05, 0) is 97.7 Å². The van der Waals surface area contributed by atoms with Gasteiger partial charge in [-0.15, -0.1) is 5.10 Å². The molecule has 49 heavy (non-hydrogen) atoms. The number of nitrogens with zero attached hydrogens (tertiary/aromatic N) is 6. The number of rotatable bonds is 8. The summed E-state index contributed by atoms with van der Waals surface area (Å²) in [4.78, 5) is 23.1. The molecule has 8 rings (SSSR count). The van der Waals surface area contributed by atoms with Crippen LogP contribution in [0.2, 0.25) is 0 Å². The lowest BCUT2D eigenvalue weighted by Crippen LogP contribution is -2.51. The number of piperazine rings is 1. The van der Waals surface area contributed by atoms with Crippen LogP contribution in [0.25, 0.3) is 27.4 Å². The molecule has 260 valence electrons. The Labute approximate surface area is 283 Å². The summed E-state index contributed by atoms with van der Waals surface area (Å²) in [6.45, 7) is 4.83. The van der Waals surface area contributed by atoms with E-state index in [4.69, 9.17) is 14.5 Å². The Kier molecular flexibility index (Phi) is 8.02. The van der Waals surface area contributed by atoms with Crippen molar-refractivity contribution in [2.75, 3.05) is 51.8 Å². The summed E-state index contributed by atoms with van der Waals surface area (Å²) >= 11 is 0. The van der Waals surface area contributed by atoms with Gasteiger partial charge in [0.25, 0.3) is 0 Å². The number of ether oxygens (including phenoxy) is 2. The summed E-state index contributed by atoms with van der Waals surface area (Å²) < 4.78 is 45.1. The molecular weight excluding hydrogens is 632 g/mol. The second-order valence-corrected chi connectivity index (χ2v) is 14.4. The minimum Gasteiger partial charge on any atom is -0.508 e. The number of halogens is 2. The molecule has 2 aromatic carbocycles. The Bertz CT molecular complexity index is 1920. The first kappa shape index (κ1) is 32.0. The van der Waals surface area contributed by atoms with Gasteiger partial charge in [-0.1, -0.05) is 13.0 Å². The van der Waals surface area contributed by atoms with E-state index in [0.29, 0.717) is 65.0 Å². The lowest BCUT2D eigenvalue weighted by Gasteiger charge is -2.35. The van der Waals surface area contributed by atoms with Crippen LogP contribution in [0.15, 0.2) is 30.3 Å². The van der Waals surface area contributed by atoms with Crippen LogP contribution in [0.1, 0.15) is 51.0 Å². The van der Waals surface area contributed by atoms with Crippen molar-refractivity contribution in [2.24, 2.45) is 0 Å². The molecule has 4 saturated heterocycles. The maximum Gasteiger partial charge on any atom is 0.409 e. The highest BCUT2D eigenvalue weighted by Gasteiger charge is 2.50.